The van der Waals surface area contributed by atoms with Crippen LogP contribution in [0.4, 0.5) is 13.6 Å². The molecular weight excluding hydrogens is 512 g/mol. The van der Waals surface area contributed by atoms with Crippen LogP contribution in [0.5, 0.6) is 11.6 Å². The first-order valence-electron chi connectivity index (χ1n) is 11.3. The maximum Gasteiger partial charge on any atom is 0.407 e. The predicted molar refractivity (Wildman–Crippen MR) is 129 cm³/mol. The highest BCUT2D eigenvalue weighted by molar-refractivity contribution is 6.30. The lowest BCUT2D eigenvalue weighted by molar-refractivity contribution is -0.143. The molecule has 2 aromatic heterocycles. The molecule has 3 aromatic rings. The fourth-order valence-corrected chi connectivity index (χ4v) is 3.28. The number of benzene rings is 1. The molecule has 0 aliphatic rings. The number of rotatable bonds is 9. The number of esters is 1. The zero-order valence-corrected chi connectivity index (χ0v) is 21.4. The predicted octanol–water partition coefficient (Wildman–Crippen LogP) is 4.78. The van der Waals surface area contributed by atoms with Crippen LogP contribution in [0.1, 0.15) is 39.8 Å². The second kappa shape index (κ2) is 12.0. The molecule has 1 amide bonds. The van der Waals surface area contributed by atoms with Gasteiger partial charge in [-0.1, -0.05) is 16.8 Å². The van der Waals surface area contributed by atoms with Gasteiger partial charge in [0.25, 0.3) is 5.88 Å². The summed E-state index contributed by atoms with van der Waals surface area (Å²) in [7, 11) is 0. The van der Waals surface area contributed by atoms with E-state index in [1.54, 1.807) is 27.7 Å². The van der Waals surface area contributed by atoms with Crippen molar-refractivity contribution >= 4 is 23.7 Å². The van der Waals surface area contributed by atoms with E-state index in [-0.39, 0.29) is 30.2 Å². The summed E-state index contributed by atoms with van der Waals surface area (Å²) in [6, 6.07) is 4.21. The van der Waals surface area contributed by atoms with E-state index < -0.39 is 41.2 Å². The van der Waals surface area contributed by atoms with Gasteiger partial charge in [-0.05, 0) is 45.9 Å². The van der Waals surface area contributed by atoms with Crippen LogP contribution in [0.15, 0.2) is 36.7 Å². The number of carbonyl (C=O) groups excluding carboxylic acids is 2. The zero-order valence-electron chi connectivity index (χ0n) is 20.6. The van der Waals surface area contributed by atoms with Crippen LogP contribution >= 0.6 is 11.6 Å². The summed E-state index contributed by atoms with van der Waals surface area (Å²) in [5.74, 6) is -2.81. The standard InChI is InChI=1S/C24H26ClF2N5O5/c1-5-35-21(33)10-15(29-23(34)37-24(2,3)4)9-16-13-32(31-30-16)17-6-7-20(18(26)11-17)36-22-19(27)8-14(25)12-28-22/h6-8,11-13,15H,5,9-10H2,1-4H3,(H,29,34). The minimum absolute atomic E-state index is 0.0773. The zero-order chi connectivity index (χ0) is 27.2. The molecule has 13 heteroatoms. The molecule has 0 bridgehead atoms. The van der Waals surface area contributed by atoms with Crippen molar-refractivity contribution in [1.29, 1.82) is 0 Å². The van der Waals surface area contributed by atoms with Crippen molar-refractivity contribution in [3.63, 3.8) is 0 Å². The Morgan fingerprint density at radius 1 is 1.19 bits per heavy atom. The molecule has 1 N–H and O–H groups in total. The number of ether oxygens (including phenoxy) is 3. The van der Waals surface area contributed by atoms with E-state index >= 15 is 0 Å². The third kappa shape index (κ3) is 8.38. The number of nitrogens with one attached hydrogen (secondary N) is 1. The average Bonchev–Trinajstić information content (AvgIpc) is 3.24. The molecule has 2 heterocycles. The van der Waals surface area contributed by atoms with E-state index in [0.717, 1.165) is 12.1 Å². The van der Waals surface area contributed by atoms with Crippen LogP contribution in [0.3, 0.4) is 0 Å². The Balaban J connectivity index is 1.73. The molecule has 3 rings (SSSR count). The number of hydrogen-bond donors (Lipinski definition) is 1. The van der Waals surface area contributed by atoms with Crippen molar-refractivity contribution in [1.82, 2.24) is 25.3 Å². The van der Waals surface area contributed by atoms with E-state index in [4.69, 9.17) is 25.8 Å². The lowest BCUT2D eigenvalue weighted by atomic mass is 10.1. The van der Waals surface area contributed by atoms with Gasteiger partial charge in [-0.25, -0.2) is 23.2 Å². The SMILES string of the molecule is CCOC(=O)CC(Cc1cn(-c2ccc(Oc3ncc(Cl)cc3F)c(F)c2)nn1)NC(=O)OC(C)(C)C. The van der Waals surface area contributed by atoms with E-state index in [0.29, 0.717) is 11.4 Å². The Morgan fingerprint density at radius 3 is 2.59 bits per heavy atom. The number of amides is 1. The topological polar surface area (TPSA) is 117 Å². The molecule has 1 atom stereocenters. The number of pyridine rings is 1. The fourth-order valence-electron chi connectivity index (χ4n) is 3.14. The number of alkyl carbamates (subject to hydrolysis) is 1. The van der Waals surface area contributed by atoms with Gasteiger partial charge in [-0.3, -0.25) is 4.79 Å². The highest BCUT2D eigenvalue weighted by Gasteiger charge is 2.23. The first-order valence-corrected chi connectivity index (χ1v) is 11.7. The summed E-state index contributed by atoms with van der Waals surface area (Å²) in [5, 5.41) is 10.8. The molecule has 0 spiro atoms. The van der Waals surface area contributed by atoms with Crippen LogP contribution in [0, 0.1) is 11.6 Å². The van der Waals surface area contributed by atoms with Crippen molar-refractivity contribution in [2.45, 2.75) is 52.2 Å². The third-order valence-electron chi connectivity index (χ3n) is 4.60. The summed E-state index contributed by atoms with van der Waals surface area (Å²) in [4.78, 5) is 28.0. The van der Waals surface area contributed by atoms with Crippen molar-refractivity contribution in [3.05, 3.63) is 59.0 Å². The van der Waals surface area contributed by atoms with E-state index in [1.807, 2.05) is 0 Å². The Morgan fingerprint density at radius 2 is 1.95 bits per heavy atom. The van der Waals surface area contributed by atoms with Crippen LogP contribution in [-0.4, -0.2) is 50.3 Å². The molecule has 0 fully saturated rings. The Hall–Kier alpha value is -3.80. The van der Waals surface area contributed by atoms with Crippen LogP contribution in [0.2, 0.25) is 5.02 Å². The van der Waals surface area contributed by atoms with Crippen molar-refractivity contribution in [2.75, 3.05) is 6.61 Å². The first kappa shape index (κ1) is 27.8. The molecule has 0 saturated heterocycles. The summed E-state index contributed by atoms with van der Waals surface area (Å²) < 4.78 is 45.4. The van der Waals surface area contributed by atoms with Gasteiger partial charge in [0.15, 0.2) is 17.4 Å². The molecule has 1 aromatic carbocycles. The lowest BCUT2D eigenvalue weighted by Crippen LogP contribution is -2.41. The molecule has 198 valence electrons. The monoisotopic (exact) mass is 537 g/mol. The van der Waals surface area contributed by atoms with Crippen LogP contribution in [-0.2, 0) is 20.7 Å². The first-order chi connectivity index (χ1) is 17.4. The third-order valence-corrected chi connectivity index (χ3v) is 4.80. The molecule has 0 saturated carbocycles. The van der Waals surface area contributed by atoms with Gasteiger partial charge in [-0.15, -0.1) is 5.10 Å². The average molecular weight is 538 g/mol. The van der Waals surface area contributed by atoms with Crippen molar-refractivity contribution in [3.8, 4) is 17.3 Å². The van der Waals surface area contributed by atoms with Crippen molar-refractivity contribution < 1.29 is 32.6 Å². The summed E-state index contributed by atoms with van der Waals surface area (Å²) in [6.45, 7) is 7.03. The Labute approximate surface area is 216 Å². The molecule has 1 unspecified atom stereocenters. The molecule has 0 radical (unpaired) electrons. The summed E-state index contributed by atoms with van der Waals surface area (Å²) >= 11 is 5.66. The fraction of sp³-hybridized carbons (Fsp3) is 0.375. The second-order valence-electron chi connectivity index (χ2n) is 8.87. The van der Waals surface area contributed by atoms with Gasteiger partial charge in [0.1, 0.15) is 5.60 Å². The van der Waals surface area contributed by atoms with E-state index in [2.05, 4.69) is 20.6 Å². The highest BCUT2D eigenvalue weighted by Crippen LogP contribution is 2.27. The summed E-state index contributed by atoms with van der Waals surface area (Å²) in [6.07, 6.45) is 2.01. The lowest BCUT2D eigenvalue weighted by Gasteiger charge is -2.23. The Bertz CT molecular complexity index is 1260. The second-order valence-corrected chi connectivity index (χ2v) is 9.30. The number of aromatic nitrogens is 4. The minimum Gasteiger partial charge on any atom is -0.466 e. The molecule has 0 aliphatic carbocycles. The Kier molecular flexibility index (Phi) is 8.98. The molecular formula is C24H26ClF2N5O5. The number of nitrogens with zero attached hydrogens (tertiary/aromatic N) is 4. The minimum atomic E-state index is -0.839. The maximum atomic E-state index is 14.7. The number of carbonyl (C=O) groups is 2. The normalized spacial score (nSPS) is 12.1. The van der Waals surface area contributed by atoms with E-state index in [1.165, 1.54) is 29.2 Å². The highest BCUT2D eigenvalue weighted by atomic mass is 35.5. The van der Waals surface area contributed by atoms with Crippen LogP contribution < -0.4 is 10.1 Å². The largest absolute Gasteiger partial charge is 0.466 e. The van der Waals surface area contributed by atoms with Gasteiger partial charge in [0.05, 0.1) is 35.6 Å². The molecule has 10 nitrogen and oxygen atoms in total. The maximum absolute atomic E-state index is 14.7. The molecule has 37 heavy (non-hydrogen) atoms. The van der Waals surface area contributed by atoms with Gasteiger partial charge >= 0.3 is 12.1 Å². The number of halogens is 3. The summed E-state index contributed by atoms with van der Waals surface area (Å²) in [5.41, 5.74) is -0.00877. The quantitative estimate of drug-likeness (QED) is 0.388. The van der Waals surface area contributed by atoms with Gasteiger partial charge in [0.2, 0.25) is 0 Å². The number of hydrogen-bond acceptors (Lipinski definition) is 8. The van der Waals surface area contributed by atoms with E-state index in [9.17, 15) is 18.4 Å². The van der Waals surface area contributed by atoms with Gasteiger partial charge in [-0.2, -0.15) is 0 Å². The smallest absolute Gasteiger partial charge is 0.407 e. The van der Waals surface area contributed by atoms with Gasteiger partial charge < -0.3 is 19.5 Å². The van der Waals surface area contributed by atoms with Gasteiger partial charge in [0, 0.05) is 24.7 Å². The van der Waals surface area contributed by atoms with Crippen molar-refractivity contribution in [2.24, 2.45) is 0 Å². The van der Waals surface area contributed by atoms with Crippen LogP contribution in [0.25, 0.3) is 5.69 Å². The molecule has 0 aliphatic heterocycles.